The fourth-order valence-electron chi connectivity index (χ4n) is 2.72. The number of halogens is 1. The molecule has 0 atom stereocenters. The minimum atomic E-state index is -0.0972. The molecule has 3 rings (SSSR count). The highest BCUT2D eigenvalue weighted by Crippen LogP contribution is 2.25. The van der Waals surface area contributed by atoms with Crippen molar-refractivity contribution in [2.75, 3.05) is 11.1 Å². The second kappa shape index (κ2) is 9.21. The fourth-order valence-corrected chi connectivity index (χ4v) is 3.70. The van der Waals surface area contributed by atoms with E-state index in [-0.39, 0.29) is 11.7 Å². The molecule has 6 nitrogen and oxygen atoms in total. The summed E-state index contributed by atoms with van der Waals surface area (Å²) in [4.78, 5) is 16.5. The smallest absolute Gasteiger partial charge is 0.234 e. The van der Waals surface area contributed by atoms with Crippen LogP contribution in [-0.4, -0.2) is 31.4 Å². The van der Waals surface area contributed by atoms with Crippen LogP contribution in [0.25, 0.3) is 11.4 Å². The van der Waals surface area contributed by atoms with Crippen LogP contribution in [0.2, 0.25) is 5.02 Å². The molecule has 146 valence electrons. The van der Waals surface area contributed by atoms with Gasteiger partial charge in [0, 0.05) is 35.2 Å². The maximum Gasteiger partial charge on any atom is 0.234 e. The predicted octanol–water partition coefficient (Wildman–Crippen LogP) is 4.69. The SMILES string of the molecule is Cc1cc(Cl)ccc1NC(=O)CSc1nnc(-c2ccncc2)n1CC(C)C. The number of aromatic nitrogens is 4. The van der Waals surface area contributed by atoms with Crippen molar-refractivity contribution in [1.82, 2.24) is 19.7 Å². The van der Waals surface area contributed by atoms with Crippen LogP contribution < -0.4 is 5.32 Å². The molecule has 0 aliphatic rings. The van der Waals surface area contributed by atoms with Gasteiger partial charge in [0.1, 0.15) is 0 Å². The van der Waals surface area contributed by atoms with Crippen LogP contribution in [-0.2, 0) is 11.3 Å². The van der Waals surface area contributed by atoms with Gasteiger partial charge in [-0.2, -0.15) is 0 Å². The summed E-state index contributed by atoms with van der Waals surface area (Å²) in [5, 5.41) is 13.0. The number of rotatable bonds is 7. The van der Waals surface area contributed by atoms with Crippen molar-refractivity contribution >= 4 is 35.0 Å². The molecule has 0 unspecified atom stereocenters. The quantitative estimate of drug-likeness (QED) is 0.567. The van der Waals surface area contributed by atoms with Crippen molar-refractivity contribution in [2.45, 2.75) is 32.5 Å². The predicted molar refractivity (Wildman–Crippen MR) is 114 cm³/mol. The van der Waals surface area contributed by atoms with Gasteiger partial charge in [-0.3, -0.25) is 9.78 Å². The van der Waals surface area contributed by atoms with Gasteiger partial charge in [-0.1, -0.05) is 37.2 Å². The van der Waals surface area contributed by atoms with E-state index in [1.54, 1.807) is 18.5 Å². The normalized spacial score (nSPS) is 11.0. The number of hydrogen-bond donors (Lipinski definition) is 1. The van der Waals surface area contributed by atoms with E-state index in [2.05, 4.69) is 38.9 Å². The minimum Gasteiger partial charge on any atom is -0.325 e. The van der Waals surface area contributed by atoms with E-state index in [0.29, 0.717) is 10.9 Å². The number of anilines is 1. The summed E-state index contributed by atoms with van der Waals surface area (Å²) in [6, 6.07) is 9.21. The molecule has 1 aromatic carbocycles. The lowest BCUT2D eigenvalue weighted by atomic mass is 10.2. The molecule has 2 aromatic heterocycles. The van der Waals surface area contributed by atoms with Gasteiger partial charge in [-0.25, -0.2) is 0 Å². The van der Waals surface area contributed by atoms with E-state index in [9.17, 15) is 4.79 Å². The number of amides is 1. The van der Waals surface area contributed by atoms with Crippen LogP contribution in [0.4, 0.5) is 5.69 Å². The van der Waals surface area contributed by atoms with Gasteiger partial charge >= 0.3 is 0 Å². The maximum absolute atomic E-state index is 12.4. The maximum atomic E-state index is 12.4. The summed E-state index contributed by atoms with van der Waals surface area (Å²) in [7, 11) is 0. The third-order valence-corrected chi connectivity index (χ3v) is 5.20. The van der Waals surface area contributed by atoms with E-state index >= 15 is 0 Å². The summed E-state index contributed by atoms with van der Waals surface area (Å²) in [6.45, 7) is 6.96. The number of hydrogen-bond acceptors (Lipinski definition) is 5. The molecule has 0 saturated carbocycles. The van der Waals surface area contributed by atoms with E-state index in [4.69, 9.17) is 11.6 Å². The number of pyridine rings is 1. The first kappa shape index (κ1) is 20.4. The fraction of sp³-hybridized carbons (Fsp3) is 0.300. The minimum absolute atomic E-state index is 0.0972. The summed E-state index contributed by atoms with van der Waals surface area (Å²) >= 11 is 7.34. The average Bonchev–Trinajstić information content (AvgIpc) is 3.05. The molecule has 0 fully saturated rings. The molecule has 0 bridgehead atoms. The lowest BCUT2D eigenvalue weighted by Gasteiger charge is -2.13. The largest absolute Gasteiger partial charge is 0.325 e. The van der Waals surface area contributed by atoms with E-state index < -0.39 is 0 Å². The standard InChI is InChI=1S/C20H22ClN5OS/c1-13(2)11-26-19(15-6-8-22-9-7-15)24-25-20(26)28-12-18(27)23-17-5-4-16(21)10-14(17)3/h4-10,13H,11-12H2,1-3H3,(H,23,27). The lowest BCUT2D eigenvalue weighted by Crippen LogP contribution is -2.16. The van der Waals surface area contributed by atoms with Gasteiger partial charge in [0.25, 0.3) is 0 Å². The van der Waals surface area contributed by atoms with Crippen LogP contribution in [0.5, 0.6) is 0 Å². The van der Waals surface area contributed by atoms with Crippen LogP contribution in [0.1, 0.15) is 19.4 Å². The zero-order chi connectivity index (χ0) is 20.1. The number of thioether (sulfide) groups is 1. The second-order valence-electron chi connectivity index (χ2n) is 6.84. The first-order valence-electron chi connectivity index (χ1n) is 8.96. The monoisotopic (exact) mass is 415 g/mol. The molecule has 0 saturated heterocycles. The van der Waals surface area contributed by atoms with Crippen molar-refractivity contribution < 1.29 is 4.79 Å². The molecule has 1 N–H and O–H groups in total. The Morgan fingerprint density at radius 3 is 2.64 bits per heavy atom. The summed E-state index contributed by atoms with van der Waals surface area (Å²) in [5.41, 5.74) is 2.64. The molecule has 3 aromatic rings. The summed E-state index contributed by atoms with van der Waals surface area (Å²) < 4.78 is 2.06. The van der Waals surface area contributed by atoms with Crippen molar-refractivity contribution in [1.29, 1.82) is 0 Å². The Bertz CT molecular complexity index is 958. The Labute approximate surface area is 173 Å². The molecule has 0 spiro atoms. The van der Waals surface area contributed by atoms with Gasteiger partial charge in [0.15, 0.2) is 11.0 Å². The van der Waals surface area contributed by atoms with Gasteiger partial charge in [0.05, 0.1) is 5.75 Å². The van der Waals surface area contributed by atoms with Crippen LogP contribution in [0.3, 0.4) is 0 Å². The highest BCUT2D eigenvalue weighted by atomic mass is 35.5. The Balaban J connectivity index is 1.73. The van der Waals surface area contributed by atoms with Gasteiger partial charge < -0.3 is 9.88 Å². The molecular weight excluding hydrogens is 394 g/mol. The van der Waals surface area contributed by atoms with Gasteiger partial charge in [-0.05, 0) is 48.7 Å². The highest BCUT2D eigenvalue weighted by Gasteiger charge is 2.17. The van der Waals surface area contributed by atoms with Crippen LogP contribution in [0, 0.1) is 12.8 Å². The zero-order valence-corrected chi connectivity index (χ0v) is 17.6. The average molecular weight is 416 g/mol. The van der Waals surface area contributed by atoms with Crippen molar-refractivity contribution in [3.05, 3.63) is 53.3 Å². The first-order valence-corrected chi connectivity index (χ1v) is 10.3. The van der Waals surface area contributed by atoms with Crippen molar-refractivity contribution in [3.8, 4) is 11.4 Å². The summed E-state index contributed by atoms with van der Waals surface area (Å²) in [5.74, 6) is 1.35. The number of nitrogens with zero attached hydrogens (tertiary/aromatic N) is 4. The molecule has 0 aliphatic carbocycles. The Morgan fingerprint density at radius 1 is 1.21 bits per heavy atom. The molecule has 28 heavy (non-hydrogen) atoms. The Kier molecular flexibility index (Phi) is 6.70. The molecule has 8 heteroatoms. The van der Waals surface area contributed by atoms with Crippen LogP contribution >= 0.6 is 23.4 Å². The number of nitrogens with one attached hydrogen (secondary N) is 1. The highest BCUT2D eigenvalue weighted by molar-refractivity contribution is 7.99. The zero-order valence-electron chi connectivity index (χ0n) is 16.0. The van der Waals surface area contributed by atoms with Crippen molar-refractivity contribution in [3.63, 3.8) is 0 Å². The van der Waals surface area contributed by atoms with Crippen molar-refractivity contribution in [2.24, 2.45) is 5.92 Å². The molecule has 1 amide bonds. The Morgan fingerprint density at radius 2 is 1.96 bits per heavy atom. The number of carbonyl (C=O) groups is 1. The first-order chi connectivity index (χ1) is 13.4. The van der Waals surface area contributed by atoms with Gasteiger partial charge in [0.2, 0.25) is 5.91 Å². The van der Waals surface area contributed by atoms with E-state index in [1.807, 2.05) is 31.2 Å². The van der Waals surface area contributed by atoms with E-state index in [1.165, 1.54) is 11.8 Å². The lowest BCUT2D eigenvalue weighted by molar-refractivity contribution is -0.113. The van der Waals surface area contributed by atoms with Gasteiger partial charge in [-0.15, -0.1) is 10.2 Å². The molecule has 2 heterocycles. The second-order valence-corrected chi connectivity index (χ2v) is 8.22. The number of benzene rings is 1. The van der Waals surface area contributed by atoms with Crippen LogP contribution in [0.15, 0.2) is 47.9 Å². The number of carbonyl (C=O) groups excluding carboxylic acids is 1. The molecule has 0 radical (unpaired) electrons. The number of aryl methyl sites for hydroxylation is 1. The molecule has 0 aliphatic heterocycles. The Hall–Kier alpha value is -2.38. The third kappa shape index (κ3) is 5.11. The topological polar surface area (TPSA) is 72.7 Å². The van der Waals surface area contributed by atoms with E-state index in [0.717, 1.165) is 34.3 Å². The third-order valence-electron chi connectivity index (χ3n) is 4.00. The molecular formula is C20H22ClN5OS. The summed E-state index contributed by atoms with van der Waals surface area (Å²) in [6.07, 6.45) is 3.47.